The van der Waals surface area contributed by atoms with Crippen molar-refractivity contribution < 1.29 is 4.74 Å². The minimum Gasteiger partial charge on any atom is -0.375 e. The quantitative estimate of drug-likeness (QED) is 0.865. The number of thiazole rings is 1. The number of para-hydroxylation sites is 1. The van der Waals surface area contributed by atoms with Crippen LogP contribution in [-0.4, -0.2) is 37.1 Å². The minimum absolute atomic E-state index is 0.0785. The Bertz CT molecular complexity index is 628. The van der Waals surface area contributed by atoms with Gasteiger partial charge in [-0.05, 0) is 18.6 Å². The molecular formula is C17H23N3OS. The fourth-order valence-electron chi connectivity index (χ4n) is 2.80. The summed E-state index contributed by atoms with van der Waals surface area (Å²) in [5.74, 6) is 0. The molecule has 5 heteroatoms. The highest BCUT2D eigenvalue weighted by Gasteiger charge is 2.18. The number of ether oxygens (including phenoxy) is 1. The van der Waals surface area contributed by atoms with Crippen LogP contribution in [-0.2, 0) is 17.8 Å². The lowest BCUT2D eigenvalue weighted by Crippen LogP contribution is -2.29. The van der Waals surface area contributed by atoms with Gasteiger partial charge in [0.2, 0.25) is 0 Å². The summed E-state index contributed by atoms with van der Waals surface area (Å²) in [6, 6.07) is 8.67. The molecule has 0 saturated heterocycles. The molecule has 1 aliphatic heterocycles. The van der Waals surface area contributed by atoms with Crippen molar-refractivity contribution in [1.29, 1.82) is 0 Å². The summed E-state index contributed by atoms with van der Waals surface area (Å²) in [7, 11) is 3.90. The molecular weight excluding hydrogens is 294 g/mol. The van der Waals surface area contributed by atoms with Gasteiger partial charge < -0.3 is 9.64 Å². The first-order valence-corrected chi connectivity index (χ1v) is 8.54. The number of fused-ring (bicyclic) bond motifs is 1. The lowest BCUT2D eigenvalue weighted by Gasteiger charge is -2.19. The van der Waals surface area contributed by atoms with E-state index in [4.69, 9.17) is 9.72 Å². The van der Waals surface area contributed by atoms with Gasteiger partial charge in [-0.25, -0.2) is 4.98 Å². The molecule has 0 spiro atoms. The SMILES string of the molecule is CO[C@@H](C)c1nc(CN2CCN(C)c3ccccc3C2)cs1. The lowest BCUT2D eigenvalue weighted by atomic mass is 10.1. The highest BCUT2D eigenvalue weighted by atomic mass is 32.1. The summed E-state index contributed by atoms with van der Waals surface area (Å²) in [5.41, 5.74) is 3.88. The van der Waals surface area contributed by atoms with Crippen molar-refractivity contribution in [3.63, 3.8) is 0 Å². The zero-order valence-corrected chi connectivity index (χ0v) is 14.3. The summed E-state index contributed by atoms with van der Waals surface area (Å²) in [5, 5.41) is 3.22. The molecule has 0 N–H and O–H groups in total. The molecule has 1 atom stereocenters. The monoisotopic (exact) mass is 317 g/mol. The number of methoxy groups -OCH3 is 1. The highest BCUT2D eigenvalue weighted by molar-refractivity contribution is 7.09. The molecule has 2 aromatic rings. The molecule has 118 valence electrons. The smallest absolute Gasteiger partial charge is 0.122 e. The van der Waals surface area contributed by atoms with Gasteiger partial charge in [0.15, 0.2) is 0 Å². The first-order valence-electron chi connectivity index (χ1n) is 7.66. The van der Waals surface area contributed by atoms with Crippen LogP contribution in [0.1, 0.15) is 29.3 Å². The topological polar surface area (TPSA) is 28.6 Å². The van der Waals surface area contributed by atoms with Crippen LogP contribution in [0, 0.1) is 0 Å². The Labute approximate surface area is 136 Å². The van der Waals surface area contributed by atoms with Crippen LogP contribution < -0.4 is 4.90 Å². The van der Waals surface area contributed by atoms with Gasteiger partial charge in [0.25, 0.3) is 0 Å². The largest absolute Gasteiger partial charge is 0.375 e. The number of nitrogens with zero attached hydrogens (tertiary/aromatic N) is 3. The zero-order valence-electron chi connectivity index (χ0n) is 13.5. The van der Waals surface area contributed by atoms with E-state index < -0.39 is 0 Å². The summed E-state index contributed by atoms with van der Waals surface area (Å²) in [6.45, 7) is 6.02. The van der Waals surface area contributed by atoms with E-state index in [9.17, 15) is 0 Å². The summed E-state index contributed by atoms with van der Waals surface area (Å²) in [6.07, 6.45) is 0.0785. The van der Waals surface area contributed by atoms with E-state index in [1.54, 1.807) is 18.4 Å². The number of aromatic nitrogens is 1. The third-order valence-electron chi connectivity index (χ3n) is 4.20. The standard InChI is InChI=1S/C17H23N3OS/c1-13(21-3)17-18-15(12-22-17)11-20-9-8-19(2)16-7-5-4-6-14(16)10-20/h4-7,12-13H,8-11H2,1-3H3/t13-/m0/s1. The second-order valence-electron chi connectivity index (χ2n) is 5.82. The van der Waals surface area contributed by atoms with E-state index in [-0.39, 0.29) is 6.10 Å². The molecule has 0 aliphatic carbocycles. The minimum atomic E-state index is 0.0785. The number of hydrogen-bond donors (Lipinski definition) is 0. The Morgan fingerprint density at radius 3 is 2.95 bits per heavy atom. The second kappa shape index (κ2) is 6.77. The average molecular weight is 317 g/mol. The average Bonchev–Trinajstić information content (AvgIpc) is 2.94. The Morgan fingerprint density at radius 2 is 2.14 bits per heavy atom. The van der Waals surface area contributed by atoms with Crippen LogP contribution in [0.4, 0.5) is 5.69 Å². The summed E-state index contributed by atoms with van der Waals surface area (Å²) >= 11 is 1.69. The van der Waals surface area contributed by atoms with Gasteiger partial charge in [-0.1, -0.05) is 18.2 Å². The van der Waals surface area contributed by atoms with Crippen LogP contribution in [0.25, 0.3) is 0 Å². The maximum atomic E-state index is 5.35. The third kappa shape index (κ3) is 3.32. The van der Waals surface area contributed by atoms with E-state index >= 15 is 0 Å². The molecule has 1 aliphatic rings. The molecule has 0 unspecified atom stereocenters. The van der Waals surface area contributed by atoms with E-state index in [2.05, 4.69) is 46.5 Å². The molecule has 22 heavy (non-hydrogen) atoms. The van der Waals surface area contributed by atoms with Gasteiger partial charge in [-0.15, -0.1) is 11.3 Å². The molecule has 3 rings (SSSR count). The summed E-state index contributed by atoms with van der Waals surface area (Å²) < 4.78 is 5.35. The molecule has 1 aromatic heterocycles. The lowest BCUT2D eigenvalue weighted by molar-refractivity contribution is 0.119. The van der Waals surface area contributed by atoms with Crippen molar-refractivity contribution >= 4 is 17.0 Å². The first-order chi connectivity index (χ1) is 10.7. The van der Waals surface area contributed by atoms with Gasteiger partial charge >= 0.3 is 0 Å². The second-order valence-corrected chi connectivity index (χ2v) is 6.71. The molecule has 4 nitrogen and oxygen atoms in total. The van der Waals surface area contributed by atoms with Crippen LogP contribution in [0.5, 0.6) is 0 Å². The molecule has 0 fully saturated rings. The number of rotatable bonds is 4. The van der Waals surface area contributed by atoms with Gasteiger partial charge in [-0.3, -0.25) is 4.90 Å². The van der Waals surface area contributed by atoms with Crippen LogP contribution in [0.2, 0.25) is 0 Å². The Hall–Kier alpha value is -1.43. The number of likely N-dealkylation sites (N-methyl/N-ethyl adjacent to an activating group) is 1. The molecule has 0 bridgehead atoms. The maximum absolute atomic E-state index is 5.35. The van der Waals surface area contributed by atoms with Crippen molar-refractivity contribution in [1.82, 2.24) is 9.88 Å². The molecule has 0 saturated carbocycles. The number of hydrogen-bond acceptors (Lipinski definition) is 5. The van der Waals surface area contributed by atoms with E-state index in [1.807, 2.05) is 6.92 Å². The molecule has 2 heterocycles. The number of benzene rings is 1. The van der Waals surface area contributed by atoms with Crippen molar-refractivity contribution in [3.05, 3.63) is 45.9 Å². The van der Waals surface area contributed by atoms with Crippen molar-refractivity contribution in [2.75, 3.05) is 32.1 Å². The third-order valence-corrected chi connectivity index (χ3v) is 5.26. The van der Waals surface area contributed by atoms with Gasteiger partial charge in [0.1, 0.15) is 11.1 Å². The molecule has 0 radical (unpaired) electrons. The van der Waals surface area contributed by atoms with Gasteiger partial charge in [0.05, 0.1) is 5.69 Å². The molecule has 1 aromatic carbocycles. The molecule has 0 amide bonds. The first kappa shape index (κ1) is 15.5. The van der Waals surface area contributed by atoms with Crippen molar-refractivity contribution in [3.8, 4) is 0 Å². The van der Waals surface area contributed by atoms with Gasteiger partial charge in [-0.2, -0.15) is 0 Å². The van der Waals surface area contributed by atoms with Crippen LogP contribution in [0.15, 0.2) is 29.6 Å². The maximum Gasteiger partial charge on any atom is 0.122 e. The van der Waals surface area contributed by atoms with Crippen LogP contribution >= 0.6 is 11.3 Å². The van der Waals surface area contributed by atoms with E-state index in [0.29, 0.717) is 0 Å². The fraction of sp³-hybridized carbons (Fsp3) is 0.471. The Morgan fingerprint density at radius 1 is 1.32 bits per heavy atom. The summed E-state index contributed by atoms with van der Waals surface area (Å²) in [4.78, 5) is 9.53. The predicted octanol–water partition coefficient (Wildman–Crippen LogP) is 3.30. The Balaban J connectivity index is 1.72. The van der Waals surface area contributed by atoms with E-state index in [0.717, 1.165) is 36.9 Å². The normalized spacial score (nSPS) is 17.1. The van der Waals surface area contributed by atoms with Crippen molar-refractivity contribution in [2.45, 2.75) is 26.1 Å². The fourth-order valence-corrected chi connectivity index (χ4v) is 3.64. The van der Waals surface area contributed by atoms with Crippen molar-refractivity contribution in [2.24, 2.45) is 0 Å². The Kier molecular flexibility index (Phi) is 4.76. The highest BCUT2D eigenvalue weighted by Crippen LogP contribution is 2.25. The number of anilines is 1. The van der Waals surface area contributed by atoms with Gasteiger partial charge in [0, 0.05) is 51.4 Å². The zero-order chi connectivity index (χ0) is 15.5. The predicted molar refractivity (Wildman–Crippen MR) is 91.4 cm³/mol. The van der Waals surface area contributed by atoms with Crippen LogP contribution in [0.3, 0.4) is 0 Å². The van der Waals surface area contributed by atoms with E-state index in [1.165, 1.54) is 11.3 Å².